The van der Waals surface area contributed by atoms with Gasteiger partial charge >= 0.3 is 0 Å². The van der Waals surface area contributed by atoms with Crippen molar-refractivity contribution < 1.29 is 4.79 Å². The van der Waals surface area contributed by atoms with Crippen molar-refractivity contribution in [1.82, 2.24) is 14.5 Å². The van der Waals surface area contributed by atoms with Gasteiger partial charge in [-0.3, -0.25) is 4.79 Å². The van der Waals surface area contributed by atoms with Gasteiger partial charge in [0.05, 0.1) is 6.33 Å². The lowest BCUT2D eigenvalue weighted by molar-refractivity contribution is -0.132. The lowest BCUT2D eigenvalue weighted by Gasteiger charge is -2.32. The molecule has 0 saturated carbocycles. The summed E-state index contributed by atoms with van der Waals surface area (Å²) < 4.78 is 2.14. The van der Waals surface area contributed by atoms with Gasteiger partial charge in [-0.05, 0) is 12.8 Å². The average molecular weight is 299 g/mol. The fourth-order valence-corrected chi connectivity index (χ4v) is 3.03. The molecule has 1 amide bonds. The van der Waals surface area contributed by atoms with Crippen LogP contribution in [0.4, 0.5) is 0 Å². The Morgan fingerprint density at radius 2 is 2.09 bits per heavy atom. The Morgan fingerprint density at radius 3 is 2.68 bits per heavy atom. The summed E-state index contributed by atoms with van der Waals surface area (Å²) in [4.78, 5) is 18.4. The van der Waals surface area contributed by atoms with E-state index in [4.69, 9.17) is 6.42 Å². The number of hydrogen-bond acceptors (Lipinski definition) is 4. The Hall–Kier alpha value is -2.16. The molecule has 0 bridgehead atoms. The Labute approximate surface area is 130 Å². The van der Waals surface area contributed by atoms with Crippen LogP contribution < -0.4 is 0 Å². The zero-order valence-electron chi connectivity index (χ0n) is 12.7. The lowest BCUT2D eigenvalue weighted by atomic mass is 10.0. The van der Waals surface area contributed by atoms with Crippen molar-refractivity contribution in [2.24, 2.45) is 10.2 Å². The third-order valence-corrected chi connectivity index (χ3v) is 4.56. The number of terminal acetylenes is 1. The molecule has 0 aliphatic carbocycles. The molecule has 22 heavy (non-hydrogen) atoms. The third-order valence-electron chi connectivity index (χ3n) is 4.56. The molecular formula is C16H21N5O. The molecule has 0 aromatic carbocycles. The molecular weight excluding hydrogens is 278 g/mol. The maximum atomic E-state index is 12.3. The Morgan fingerprint density at radius 1 is 1.32 bits per heavy atom. The first-order valence-electron chi connectivity index (χ1n) is 7.85. The van der Waals surface area contributed by atoms with E-state index in [0.717, 1.165) is 32.4 Å². The summed E-state index contributed by atoms with van der Waals surface area (Å²) in [7, 11) is 0. The molecule has 116 valence electrons. The van der Waals surface area contributed by atoms with E-state index in [0.29, 0.717) is 25.3 Å². The number of aromatic nitrogens is 2. The minimum Gasteiger partial charge on any atom is -0.343 e. The second kappa shape index (κ2) is 6.30. The topological polar surface area (TPSA) is 62.9 Å². The van der Waals surface area contributed by atoms with Crippen molar-refractivity contribution >= 4 is 5.91 Å². The molecule has 1 saturated heterocycles. The molecule has 0 radical (unpaired) electrons. The van der Waals surface area contributed by atoms with E-state index >= 15 is 0 Å². The summed E-state index contributed by atoms with van der Waals surface area (Å²) in [6, 6.07) is 0.460. The maximum Gasteiger partial charge on any atom is 0.222 e. The summed E-state index contributed by atoms with van der Waals surface area (Å²) in [5, 5.41) is 8.17. The minimum absolute atomic E-state index is 0.210. The SMILES string of the molecule is C#CCCC1(CCC(=O)N2CCC(n3ccnc3)CC2)N=N1. The first-order valence-corrected chi connectivity index (χ1v) is 7.85. The van der Waals surface area contributed by atoms with Crippen LogP contribution in [-0.4, -0.2) is 39.1 Å². The van der Waals surface area contributed by atoms with Crippen molar-refractivity contribution in [3.05, 3.63) is 18.7 Å². The Bertz CT molecular complexity index is 572. The van der Waals surface area contributed by atoms with E-state index in [-0.39, 0.29) is 11.6 Å². The molecule has 0 atom stereocenters. The van der Waals surface area contributed by atoms with Gasteiger partial charge in [-0.2, -0.15) is 10.2 Å². The number of likely N-dealkylation sites (tertiary alicyclic amines) is 1. The van der Waals surface area contributed by atoms with Gasteiger partial charge in [0.15, 0.2) is 5.66 Å². The predicted molar refractivity (Wildman–Crippen MR) is 82.0 cm³/mol. The number of hydrogen-bond donors (Lipinski definition) is 0. The summed E-state index contributed by atoms with van der Waals surface area (Å²) in [5.74, 6) is 2.82. The van der Waals surface area contributed by atoms with Crippen LogP contribution in [0.1, 0.15) is 44.6 Å². The normalized spacial score (nSPS) is 19.9. The smallest absolute Gasteiger partial charge is 0.222 e. The van der Waals surface area contributed by atoms with Crippen LogP contribution in [-0.2, 0) is 4.79 Å². The van der Waals surface area contributed by atoms with Gasteiger partial charge in [0.25, 0.3) is 0 Å². The molecule has 3 heterocycles. The van der Waals surface area contributed by atoms with Crippen LogP contribution in [0.15, 0.2) is 28.9 Å². The quantitative estimate of drug-likeness (QED) is 0.757. The molecule has 2 aliphatic rings. The summed E-state index contributed by atoms with van der Waals surface area (Å²) in [6.07, 6.45) is 15.5. The first kappa shape index (κ1) is 14.8. The van der Waals surface area contributed by atoms with Gasteiger partial charge in [-0.1, -0.05) is 0 Å². The average Bonchev–Trinajstić information content (AvgIpc) is 3.11. The minimum atomic E-state index is -0.350. The van der Waals surface area contributed by atoms with Gasteiger partial charge in [-0.15, -0.1) is 12.3 Å². The fraction of sp³-hybridized carbons (Fsp3) is 0.625. The first-order chi connectivity index (χ1) is 10.7. The maximum absolute atomic E-state index is 12.3. The van der Waals surface area contributed by atoms with Crippen LogP contribution in [0, 0.1) is 12.3 Å². The summed E-state index contributed by atoms with van der Waals surface area (Å²) >= 11 is 0. The van der Waals surface area contributed by atoms with Gasteiger partial charge in [0.1, 0.15) is 0 Å². The van der Waals surface area contributed by atoms with E-state index in [9.17, 15) is 4.79 Å². The molecule has 1 aromatic heterocycles. The number of imidazole rings is 1. The molecule has 6 nitrogen and oxygen atoms in total. The summed E-state index contributed by atoms with van der Waals surface area (Å²) in [5.41, 5.74) is -0.350. The zero-order valence-corrected chi connectivity index (χ0v) is 12.7. The van der Waals surface area contributed by atoms with E-state index in [1.807, 2.05) is 17.4 Å². The van der Waals surface area contributed by atoms with E-state index < -0.39 is 0 Å². The fourth-order valence-electron chi connectivity index (χ4n) is 3.03. The van der Waals surface area contributed by atoms with Crippen LogP contribution >= 0.6 is 0 Å². The number of carbonyl (C=O) groups excluding carboxylic acids is 1. The van der Waals surface area contributed by atoms with Crippen LogP contribution in [0.25, 0.3) is 0 Å². The van der Waals surface area contributed by atoms with Crippen LogP contribution in [0.3, 0.4) is 0 Å². The van der Waals surface area contributed by atoms with Gasteiger partial charge in [0, 0.05) is 57.2 Å². The number of rotatable bonds is 6. The molecule has 1 aromatic rings. The standard InChI is InChI=1S/C16H21N5O/c1-2-3-7-16(18-19-16)8-4-15(22)20-10-5-14(6-11-20)21-12-9-17-13-21/h1,9,12-14H,3-8,10-11H2. The van der Waals surface area contributed by atoms with Crippen LogP contribution in [0.2, 0.25) is 0 Å². The second-order valence-electron chi connectivity index (χ2n) is 6.01. The van der Waals surface area contributed by atoms with Crippen molar-refractivity contribution in [2.75, 3.05) is 13.1 Å². The molecule has 2 aliphatic heterocycles. The highest BCUT2D eigenvalue weighted by atomic mass is 16.2. The van der Waals surface area contributed by atoms with Crippen LogP contribution in [0.5, 0.6) is 0 Å². The molecule has 0 N–H and O–H groups in total. The highest BCUT2D eigenvalue weighted by Crippen LogP contribution is 2.37. The lowest BCUT2D eigenvalue weighted by Crippen LogP contribution is -2.39. The monoisotopic (exact) mass is 299 g/mol. The number of amides is 1. The van der Waals surface area contributed by atoms with E-state index in [2.05, 4.69) is 25.7 Å². The highest BCUT2D eigenvalue weighted by molar-refractivity contribution is 5.76. The zero-order chi connectivity index (χ0) is 15.4. The largest absolute Gasteiger partial charge is 0.343 e. The van der Waals surface area contributed by atoms with Gasteiger partial charge < -0.3 is 9.47 Å². The Balaban J connectivity index is 1.42. The molecule has 6 heteroatoms. The molecule has 0 spiro atoms. The third kappa shape index (κ3) is 3.35. The van der Waals surface area contributed by atoms with E-state index in [1.54, 1.807) is 6.20 Å². The van der Waals surface area contributed by atoms with Crippen molar-refractivity contribution in [2.45, 2.75) is 50.2 Å². The second-order valence-corrected chi connectivity index (χ2v) is 6.01. The number of carbonyl (C=O) groups is 1. The van der Waals surface area contributed by atoms with Crippen molar-refractivity contribution in [3.8, 4) is 12.3 Å². The van der Waals surface area contributed by atoms with E-state index in [1.165, 1.54) is 0 Å². The molecule has 0 unspecified atom stereocenters. The molecule has 1 fully saturated rings. The van der Waals surface area contributed by atoms with Crippen molar-refractivity contribution in [1.29, 1.82) is 0 Å². The predicted octanol–water partition coefficient (Wildman–Crippen LogP) is 2.40. The summed E-state index contributed by atoms with van der Waals surface area (Å²) in [6.45, 7) is 1.63. The molecule has 3 rings (SSSR count). The van der Waals surface area contributed by atoms with Gasteiger partial charge in [0.2, 0.25) is 5.91 Å². The van der Waals surface area contributed by atoms with Crippen molar-refractivity contribution in [3.63, 3.8) is 0 Å². The Kier molecular flexibility index (Phi) is 4.23. The highest BCUT2D eigenvalue weighted by Gasteiger charge is 2.39. The number of nitrogens with zero attached hydrogens (tertiary/aromatic N) is 5. The number of piperidine rings is 1. The van der Waals surface area contributed by atoms with Gasteiger partial charge in [-0.25, -0.2) is 4.98 Å².